The van der Waals surface area contributed by atoms with Crippen molar-refractivity contribution in [1.29, 1.82) is 0 Å². The minimum absolute atomic E-state index is 0.00454. The standard InChI is InChI=1S/C18H20N2O3/c1-12-5-6-16(13(2)8-12)20-11-14(9-17(20)21)18(22)19-10-15-4-3-7-23-15/h3-8,14H,9-11H2,1-2H3,(H,19,22)/t14-/m1/s1. The van der Waals surface area contributed by atoms with Crippen molar-refractivity contribution in [2.45, 2.75) is 26.8 Å². The highest BCUT2D eigenvalue weighted by Crippen LogP contribution is 2.28. The van der Waals surface area contributed by atoms with E-state index in [0.717, 1.165) is 16.8 Å². The predicted octanol–water partition coefficient (Wildman–Crippen LogP) is 2.57. The Balaban J connectivity index is 1.65. The van der Waals surface area contributed by atoms with E-state index in [4.69, 9.17) is 4.42 Å². The van der Waals surface area contributed by atoms with E-state index in [2.05, 4.69) is 5.32 Å². The first kappa shape index (κ1) is 15.3. The first-order valence-corrected chi connectivity index (χ1v) is 7.72. The van der Waals surface area contributed by atoms with Gasteiger partial charge in [-0.2, -0.15) is 0 Å². The van der Waals surface area contributed by atoms with Crippen LogP contribution in [0.25, 0.3) is 0 Å². The fourth-order valence-electron chi connectivity index (χ4n) is 2.96. The minimum Gasteiger partial charge on any atom is -0.467 e. The molecule has 1 saturated heterocycles. The number of anilines is 1. The third-order valence-corrected chi connectivity index (χ3v) is 4.16. The van der Waals surface area contributed by atoms with Gasteiger partial charge >= 0.3 is 0 Å². The number of hydrogen-bond acceptors (Lipinski definition) is 3. The molecule has 1 aliphatic rings. The first-order valence-electron chi connectivity index (χ1n) is 7.72. The molecule has 0 radical (unpaired) electrons. The Morgan fingerprint density at radius 1 is 1.35 bits per heavy atom. The zero-order valence-electron chi connectivity index (χ0n) is 13.3. The Morgan fingerprint density at radius 3 is 2.87 bits per heavy atom. The monoisotopic (exact) mass is 312 g/mol. The van der Waals surface area contributed by atoms with Gasteiger partial charge in [0.25, 0.3) is 0 Å². The highest BCUT2D eigenvalue weighted by atomic mass is 16.3. The lowest BCUT2D eigenvalue weighted by Gasteiger charge is -2.19. The minimum atomic E-state index is -0.321. The number of aryl methyl sites for hydroxylation is 2. The van der Waals surface area contributed by atoms with E-state index < -0.39 is 0 Å². The first-order chi connectivity index (χ1) is 11.0. The number of furan rings is 1. The Morgan fingerprint density at radius 2 is 2.17 bits per heavy atom. The molecule has 1 aromatic carbocycles. The molecular weight excluding hydrogens is 292 g/mol. The van der Waals surface area contributed by atoms with Crippen molar-refractivity contribution in [3.63, 3.8) is 0 Å². The topological polar surface area (TPSA) is 62.6 Å². The molecule has 0 unspecified atom stereocenters. The summed E-state index contributed by atoms with van der Waals surface area (Å²) in [6.45, 7) is 4.78. The molecule has 120 valence electrons. The third-order valence-electron chi connectivity index (χ3n) is 4.16. The number of amides is 2. The molecule has 3 rings (SSSR count). The van der Waals surface area contributed by atoms with Crippen LogP contribution in [0.15, 0.2) is 41.0 Å². The molecule has 1 N–H and O–H groups in total. The molecule has 0 saturated carbocycles. The summed E-state index contributed by atoms with van der Waals surface area (Å²) < 4.78 is 5.19. The van der Waals surface area contributed by atoms with E-state index in [0.29, 0.717) is 18.8 Å². The van der Waals surface area contributed by atoms with Crippen molar-refractivity contribution < 1.29 is 14.0 Å². The van der Waals surface area contributed by atoms with Gasteiger partial charge in [0.1, 0.15) is 5.76 Å². The highest BCUT2D eigenvalue weighted by Gasteiger charge is 2.35. The summed E-state index contributed by atoms with van der Waals surface area (Å²) >= 11 is 0. The molecule has 1 atom stereocenters. The van der Waals surface area contributed by atoms with Crippen molar-refractivity contribution in [2.24, 2.45) is 5.92 Å². The molecule has 0 aliphatic carbocycles. The van der Waals surface area contributed by atoms with Crippen molar-refractivity contribution in [3.05, 3.63) is 53.5 Å². The van der Waals surface area contributed by atoms with Crippen LogP contribution in [-0.2, 0) is 16.1 Å². The van der Waals surface area contributed by atoms with E-state index in [1.54, 1.807) is 17.2 Å². The fraction of sp³-hybridized carbons (Fsp3) is 0.333. The van der Waals surface area contributed by atoms with Gasteiger partial charge in [0.05, 0.1) is 18.7 Å². The van der Waals surface area contributed by atoms with E-state index >= 15 is 0 Å². The van der Waals surface area contributed by atoms with Gasteiger partial charge in [-0.3, -0.25) is 9.59 Å². The molecule has 0 bridgehead atoms. The second-order valence-corrected chi connectivity index (χ2v) is 5.99. The van der Waals surface area contributed by atoms with Crippen molar-refractivity contribution >= 4 is 17.5 Å². The zero-order valence-corrected chi connectivity index (χ0v) is 13.3. The summed E-state index contributed by atoms with van der Waals surface area (Å²) in [5.74, 6) is 0.268. The van der Waals surface area contributed by atoms with Crippen molar-refractivity contribution in [3.8, 4) is 0 Å². The average Bonchev–Trinajstić information content (AvgIpc) is 3.15. The number of benzene rings is 1. The summed E-state index contributed by atoms with van der Waals surface area (Å²) in [6, 6.07) is 9.57. The Kier molecular flexibility index (Phi) is 4.19. The smallest absolute Gasteiger partial charge is 0.227 e. The van der Waals surface area contributed by atoms with Crippen LogP contribution < -0.4 is 10.2 Å². The molecule has 5 nitrogen and oxygen atoms in total. The normalized spacial score (nSPS) is 17.6. The number of nitrogens with one attached hydrogen (secondary N) is 1. The molecule has 1 aliphatic heterocycles. The van der Waals surface area contributed by atoms with Crippen LogP contribution >= 0.6 is 0 Å². The summed E-state index contributed by atoms with van der Waals surface area (Å²) in [5, 5.41) is 2.83. The zero-order chi connectivity index (χ0) is 16.4. The quantitative estimate of drug-likeness (QED) is 0.944. The molecule has 2 aromatic rings. The maximum atomic E-state index is 12.3. The maximum absolute atomic E-state index is 12.3. The Bertz CT molecular complexity index is 722. The summed E-state index contributed by atoms with van der Waals surface area (Å²) in [7, 11) is 0. The molecular formula is C18H20N2O3. The molecule has 5 heteroatoms. The third kappa shape index (κ3) is 3.28. The maximum Gasteiger partial charge on any atom is 0.227 e. The van der Waals surface area contributed by atoms with Crippen LogP contribution in [0.2, 0.25) is 0 Å². The summed E-state index contributed by atoms with van der Waals surface area (Å²) in [4.78, 5) is 26.3. The van der Waals surface area contributed by atoms with E-state index in [1.807, 2.05) is 38.1 Å². The number of carbonyl (C=O) groups is 2. The molecule has 1 aromatic heterocycles. The molecule has 2 heterocycles. The van der Waals surface area contributed by atoms with Gasteiger partial charge in [-0.1, -0.05) is 17.7 Å². The van der Waals surface area contributed by atoms with Gasteiger partial charge in [0.15, 0.2) is 0 Å². The fourth-order valence-corrected chi connectivity index (χ4v) is 2.96. The number of carbonyl (C=O) groups excluding carboxylic acids is 2. The molecule has 1 fully saturated rings. The van der Waals surface area contributed by atoms with E-state index in [9.17, 15) is 9.59 Å². The predicted molar refractivity (Wildman–Crippen MR) is 86.9 cm³/mol. The van der Waals surface area contributed by atoms with E-state index in [1.165, 1.54) is 0 Å². The molecule has 0 spiro atoms. The van der Waals surface area contributed by atoms with Gasteiger partial charge in [-0.25, -0.2) is 0 Å². The van der Waals surface area contributed by atoms with Crippen LogP contribution in [0.5, 0.6) is 0 Å². The van der Waals surface area contributed by atoms with Crippen molar-refractivity contribution in [1.82, 2.24) is 5.32 Å². The molecule has 2 amide bonds. The lowest BCUT2D eigenvalue weighted by Crippen LogP contribution is -2.32. The largest absolute Gasteiger partial charge is 0.467 e. The van der Waals surface area contributed by atoms with Crippen LogP contribution in [0.4, 0.5) is 5.69 Å². The second-order valence-electron chi connectivity index (χ2n) is 5.99. The molecule has 23 heavy (non-hydrogen) atoms. The van der Waals surface area contributed by atoms with Crippen LogP contribution in [-0.4, -0.2) is 18.4 Å². The highest BCUT2D eigenvalue weighted by molar-refractivity contribution is 6.00. The summed E-state index contributed by atoms with van der Waals surface area (Å²) in [5.41, 5.74) is 3.10. The summed E-state index contributed by atoms with van der Waals surface area (Å²) in [6.07, 6.45) is 1.82. The Hall–Kier alpha value is -2.56. The van der Waals surface area contributed by atoms with Gasteiger partial charge in [0, 0.05) is 18.7 Å². The number of rotatable bonds is 4. The van der Waals surface area contributed by atoms with Crippen LogP contribution in [0.3, 0.4) is 0 Å². The lowest BCUT2D eigenvalue weighted by atomic mass is 10.1. The number of nitrogens with zero attached hydrogens (tertiary/aromatic N) is 1. The van der Waals surface area contributed by atoms with Crippen molar-refractivity contribution in [2.75, 3.05) is 11.4 Å². The van der Waals surface area contributed by atoms with Gasteiger partial charge < -0.3 is 14.6 Å². The second kappa shape index (κ2) is 6.28. The van der Waals surface area contributed by atoms with E-state index in [-0.39, 0.29) is 24.2 Å². The average molecular weight is 312 g/mol. The van der Waals surface area contributed by atoms with Gasteiger partial charge in [-0.05, 0) is 37.6 Å². The van der Waals surface area contributed by atoms with Crippen LogP contribution in [0, 0.1) is 19.8 Å². The SMILES string of the molecule is Cc1ccc(N2C[C@H](C(=O)NCc3ccco3)CC2=O)c(C)c1. The lowest BCUT2D eigenvalue weighted by molar-refractivity contribution is -0.126. The Labute approximate surface area is 135 Å². The number of hydrogen-bond donors (Lipinski definition) is 1. The van der Waals surface area contributed by atoms with Gasteiger partial charge in [0.2, 0.25) is 11.8 Å². The van der Waals surface area contributed by atoms with Crippen LogP contribution in [0.1, 0.15) is 23.3 Å². The van der Waals surface area contributed by atoms with Gasteiger partial charge in [-0.15, -0.1) is 0 Å².